The van der Waals surface area contributed by atoms with E-state index in [-0.39, 0.29) is 12.4 Å². The van der Waals surface area contributed by atoms with Crippen molar-refractivity contribution in [3.8, 4) is 17.3 Å². The van der Waals surface area contributed by atoms with E-state index in [9.17, 15) is 9.59 Å². The van der Waals surface area contributed by atoms with Gasteiger partial charge in [-0.25, -0.2) is 4.79 Å². The van der Waals surface area contributed by atoms with E-state index in [1.807, 2.05) is 0 Å². The van der Waals surface area contributed by atoms with Crippen LogP contribution in [0.25, 0.3) is 11.5 Å². The Labute approximate surface area is 130 Å². The van der Waals surface area contributed by atoms with E-state index in [1.54, 1.807) is 42.5 Å². The third kappa shape index (κ3) is 3.32. The third-order valence-electron chi connectivity index (χ3n) is 3.07. The highest BCUT2D eigenvalue weighted by molar-refractivity contribution is 5.89. The van der Waals surface area contributed by atoms with Gasteiger partial charge in [0.05, 0.1) is 5.56 Å². The molecule has 2 heterocycles. The van der Waals surface area contributed by atoms with Gasteiger partial charge < -0.3 is 18.7 Å². The molecule has 0 saturated carbocycles. The predicted octanol–water partition coefficient (Wildman–Crippen LogP) is 2.96. The molecule has 1 aromatic carbocycles. The van der Waals surface area contributed by atoms with Gasteiger partial charge in [-0.05, 0) is 24.3 Å². The maximum absolute atomic E-state index is 11.8. The summed E-state index contributed by atoms with van der Waals surface area (Å²) in [5.41, 5.74) is -0.122. The van der Waals surface area contributed by atoms with Crippen LogP contribution in [0.5, 0.6) is 5.75 Å². The van der Waals surface area contributed by atoms with Gasteiger partial charge in [0.25, 0.3) is 0 Å². The molecule has 2 aromatic heterocycles. The number of esters is 1. The first-order chi connectivity index (χ1) is 11.1. The summed E-state index contributed by atoms with van der Waals surface area (Å²) in [6.45, 7) is -0.0456. The average Bonchev–Trinajstić information content (AvgIpc) is 3.05. The van der Waals surface area contributed by atoms with E-state index in [0.29, 0.717) is 17.1 Å². The van der Waals surface area contributed by atoms with Crippen molar-refractivity contribution in [2.75, 3.05) is 0 Å². The largest absolute Gasteiger partial charge is 0.502 e. The maximum atomic E-state index is 11.8. The van der Waals surface area contributed by atoms with Gasteiger partial charge in [0.2, 0.25) is 5.43 Å². The fourth-order valence-electron chi connectivity index (χ4n) is 1.92. The molecule has 116 valence electrons. The molecule has 0 radical (unpaired) electrons. The van der Waals surface area contributed by atoms with Crippen LogP contribution in [0, 0.1) is 0 Å². The predicted molar refractivity (Wildman–Crippen MR) is 79.9 cm³/mol. The minimum absolute atomic E-state index is 0.0456. The zero-order valence-corrected chi connectivity index (χ0v) is 11.9. The van der Waals surface area contributed by atoms with Crippen LogP contribution < -0.4 is 5.43 Å². The first-order valence-electron chi connectivity index (χ1n) is 6.76. The number of hydrogen-bond acceptors (Lipinski definition) is 6. The molecule has 23 heavy (non-hydrogen) atoms. The average molecular weight is 312 g/mol. The Kier molecular flexibility index (Phi) is 3.97. The molecular formula is C17H12O6. The fraction of sp³-hybridized carbons (Fsp3) is 0.0588. The molecule has 6 nitrogen and oxygen atoms in total. The molecule has 0 aliphatic rings. The molecule has 0 bridgehead atoms. The third-order valence-corrected chi connectivity index (χ3v) is 3.07. The summed E-state index contributed by atoms with van der Waals surface area (Å²) in [6.07, 6.45) is 0.940. The van der Waals surface area contributed by atoms with Crippen LogP contribution in [-0.2, 0) is 11.3 Å². The Morgan fingerprint density at radius 3 is 2.61 bits per heavy atom. The number of ether oxygens (including phenoxy) is 1. The number of aromatic hydroxyl groups is 1. The smallest absolute Gasteiger partial charge is 0.338 e. The Morgan fingerprint density at radius 1 is 1.09 bits per heavy atom. The monoisotopic (exact) mass is 312 g/mol. The first kappa shape index (κ1) is 14.6. The van der Waals surface area contributed by atoms with Crippen LogP contribution in [0.3, 0.4) is 0 Å². The van der Waals surface area contributed by atoms with Gasteiger partial charge in [0.15, 0.2) is 17.3 Å². The van der Waals surface area contributed by atoms with Gasteiger partial charge in [0.1, 0.15) is 18.6 Å². The maximum Gasteiger partial charge on any atom is 0.338 e. The van der Waals surface area contributed by atoms with Crippen molar-refractivity contribution in [2.24, 2.45) is 0 Å². The van der Waals surface area contributed by atoms with Crippen molar-refractivity contribution in [1.29, 1.82) is 0 Å². The lowest BCUT2D eigenvalue weighted by molar-refractivity contribution is 0.0446. The fourth-order valence-corrected chi connectivity index (χ4v) is 1.92. The van der Waals surface area contributed by atoms with Gasteiger partial charge >= 0.3 is 5.97 Å². The molecule has 0 amide bonds. The molecule has 0 spiro atoms. The second-order valence-electron chi connectivity index (χ2n) is 4.70. The van der Waals surface area contributed by atoms with E-state index in [4.69, 9.17) is 18.7 Å². The molecule has 0 atom stereocenters. The lowest BCUT2D eigenvalue weighted by Gasteiger charge is -2.02. The van der Waals surface area contributed by atoms with Crippen molar-refractivity contribution >= 4 is 5.97 Å². The van der Waals surface area contributed by atoms with Crippen LogP contribution in [0.2, 0.25) is 0 Å². The molecular weight excluding hydrogens is 300 g/mol. The lowest BCUT2D eigenvalue weighted by atomic mass is 10.2. The number of furan rings is 1. The summed E-state index contributed by atoms with van der Waals surface area (Å²) in [5, 5.41) is 9.16. The normalized spacial score (nSPS) is 10.4. The molecule has 0 saturated heterocycles. The first-order valence-corrected chi connectivity index (χ1v) is 6.76. The zero-order valence-electron chi connectivity index (χ0n) is 11.9. The number of carbonyl (C=O) groups is 1. The summed E-state index contributed by atoms with van der Waals surface area (Å²) >= 11 is 0. The number of carbonyl (C=O) groups excluding carboxylic acids is 1. The highest BCUT2D eigenvalue weighted by Gasteiger charge is 2.12. The van der Waals surface area contributed by atoms with Gasteiger partial charge in [-0.15, -0.1) is 0 Å². The molecule has 1 N–H and O–H groups in total. The van der Waals surface area contributed by atoms with Gasteiger partial charge in [0, 0.05) is 6.07 Å². The van der Waals surface area contributed by atoms with Gasteiger partial charge in [-0.1, -0.05) is 18.2 Å². The van der Waals surface area contributed by atoms with Crippen LogP contribution in [0.15, 0.2) is 68.4 Å². The Hall–Kier alpha value is -3.28. The SMILES string of the molecule is O=C(OCc1ccc(-c2cc(=O)c(O)co2)o1)c1ccccc1. The number of hydrogen-bond donors (Lipinski definition) is 1. The highest BCUT2D eigenvalue weighted by Crippen LogP contribution is 2.22. The lowest BCUT2D eigenvalue weighted by Crippen LogP contribution is -2.04. The van der Waals surface area contributed by atoms with Crippen LogP contribution in [0.1, 0.15) is 16.1 Å². The van der Waals surface area contributed by atoms with E-state index in [1.165, 1.54) is 0 Å². The van der Waals surface area contributed by atoms with Crippen LogP contribution in [0.4, 0.5) is 0 Å². The zero-order chi connectivity index (χ0) is 16.2. The summed E-state index contributed by atoms with van der Waals surface area (Å²) in [4.78, 5) is 23.2. The molecule has 3 aromatic rings. The summed E-state index contributed by atoms with van der Waals surface area (Å²) in [5.74, 6) is -0.0571. The summed E-state index contributed by atoms with van der Waals surface area (Å²) in [6, 6.07) is 12.9. The standard InChI is InChI=1S/C17H12O6/c18-13-8-16(21-10-14(13)19)15-7-6-12(23-15)9-22-17(20)11-4-2-1-3-5-11/h1-8,10,19H,9H2. The van der Waals surface area contributed by atoms with E-state index in [2.05, 4.69) is 0 Å². The molecule has 0 unspecified atom stereocenters. The minimum atomic E-state index is -0.570. The Morgan fingerprint density at radius 2 is 1.87 bits per heavy atom. The quantitative estimate of drug-likeness (QED) is 0.745. The van der Waals surface area contributed by atoms with Crippen molar-refractivity contribution in [3.05, 3.63) is 76.3 Å². The molecule has 3 rings (SSSR count). The van der Waals surface area contributed by atoms with Gasteiger partial charge in [-0.2, -0.15) is 0 Å². The van der Waals surface area contributed by atoms with E-state index >= 15 is 0 Å². The van der Waals surface area contributed by atoms with Crippen LogP contribution in [-0.4, -0.2) is 11.1 Å². The molecule has 0 aliphatic carbocycles. The molecule has 6 heteroatoms. The molecule has 0 aliphatic heterocycles. The highest BCUT2D eigenvalue weighted by atomic mass is 16.5. The summed E-state index contributed by atoms with van der Waals surface area (Å²) in [7, 11) is 0. The van der Waals surface area contributed by atoms with E-state index in [0.717, 1.165) is 12.3 Å². The Bertz CT molecular complexity index is 875. The minimum Gasteiger partial charge on any atom is -0.502 e. The second-order valence-corrected chi connectivity index (χ2v) is 4.70. The Balaban J connectivity index is 1.69. The second kappa shape index (κ2) is 6.23. The van der Waals surface area contributed by atoms with Crippen molar-refractivity contribution < 1.29 is 23.5 Å². The van der Waals surface area contributed by atoms with Crippen molar-refractivity contribution in [1.82, 2.24) is 0 Å². The number of rotatable bonds is 4. The van der Waals surface area contributed by atoms with E-state index < -0.39 is 17.1 Å². The topological polar surface area (TPSA) is 89.9 Å². The van der Waals surface area contributed by atoms with Crippen molar-refractivity contribution in [2.45, 2.75) is 6.61 Å². The molecule has 0 fully saturated rings. The van der Waals surface area contributed by atoms with Crippen molar-refractivity contribution in [3.63, 3.8) is 0 Å². The number of benzene rings is 1. The van der Waals surface area contributed by atoms with Gasteiger partial charge in [-0.3, -0.25) is 4.79 Å². The van der Waals surface area contributed by atoms with Crippen LogP contribution >= 0.6 is 0 Å². The summed E-state index contributed by atoms with van der Waals surface area (Å²) < 4.78 is 15.7.